The molecule has 0 bridgehead atoms. The van der Waals surface area contributed by atoms with Crippen LogP contribution in [0.5, 0.6) is 0 Å². The Morgan fingerprint density at radius 3 is 1.97 bits per heavy atom. The topological polar surface area (TPSA) is 122 Å². The summed E-state index contributed by atoms with van der Waals surface area (Å²) in [4.78, 5) is 47.8. The molecule has 0 aliphatic heterocycles. The molecule has 0 radical (unpaired) electrons. The van der Waals surface area contributed by atoms with Crippen LogP contribution in [-0.4, -0.2) is 35.5 Å². The number of hydrogen-bond acceptors (Lipinski definition) is 5. The van der Waals surface area contributed by atoms with Crippen molar-refractivity contribution in [3.8, 4) is 0 Å². The number of aromatic carboxylic acids is 1. The summed E-state index contributed by atoms with van der Waals surface area (Å²) in [6.45, 7) is 1.48. The molecule has 0 aromatic heterocycles. The van der Waals surface area contributed by atoms with Crippen LogP contribution in [0.15, 0.2) is 72.8 Å². The Morgan fingerprint density at radius 2 is 1.34 bits per heavy atom. The first-order valence-electron chi connectivity index (χ1n) is 9.61. The van der Waals surface area contributed by atoms with E-state index in [1.165, 1.54) is 42.5 Å². The molecule has 3 aromatic carbocycles. The van der Waals surface area contributed by atoms with Crippen LogP contribution in [0.3, 0.4) is 0 Å². The SMILES string of the molecule is Cc1ccc(NC(=O)COC(=O)c2ccc(NC(=O)c3ccccc3C(=O)O)cc2)cc1. The maximum atomic E-state index is 12.4. The molecule has 162 valence electrons. The third-order valence-electron chi connectivity index (χ3n) is 4.45. The van der Waals surface area contributed by atoms with Crippen LogP contribution in [-0.2, 0) is 9.53 Å². The van der Waals surface area contributed by atoms with Gasteiger partial charge in [-0.15, -0.1) is 0 Å². The van der Waals surface area contributed by atoms with Gasteiger partial charge in [-0.2, -0.15) is 0 Å². The van der Waals surface area contributed by atoms with Crippen molar-refractivity contribution in [1.82, 2.24) is 0 Å². The number of rotatable bonds is 7. The number of esters is 1. The van der Waals surface area contributed by atoms with Gasteiger partial charge in [-0.3, -0.25) is 9.59 Å². The monoisotopic (exact) mass is 432 g/mol. The minimum atomic E-state index is -1.21. The molecule has 8 nitrogen and oxygen atoms in total. The van der Waals surface area contributed by atoms with E-state index in [1.54, 1.807) is 18.2 Å². The van der Waals surface area contributed by atoms with Crippen LogP contribution in [0.2, 0.25) is 0 Å². The highest BCUT2D eigenvalue weighted by Crippen LogP contribution is 2.15. The number of nitrogens with one attached hydrogen (secondary N) is 2. The average Bonchev–Trinajstić information content (AvgIpc) is 2.79. The second-order valence-corrected chi connectivity index (χ2v) is 6.87. The van der Waals surface area contributed by atoms with Crippen molar-refractivity contribution in [1.29, 1.82) is 0 Å². The lowest BCUT2D eigenvalue weighted by Crippen LogP contribution is -2.21. The van der Waals surface area contributed by atoms with Gasteiger partial charge < -0.3 is 20.5 Å². The number of benzene rings is 3. The fraction of sp³-hybridized carbons (Fsp3) is 0.0833. The van der Waals surface area contributed by atoms with Crippen LogP contribution in [0.1, 0.15) is 36.6 Å². The highest BCUT2D eigenvalue weighted by atomic mass is 16.5. The Balaban J connectivity index is 1.55. The first-order chi connectivity index (χ1) is 15.3. The number of aryl methyl sites for hydroxylation is 1. The molecule has 0 fully saturated rings. The molecule has 0 aliphatic rings. The number of carbonyl (C=O) groups is 4. The summed E-state index contributed by atoms with van der Waals surface area (Å²) in [6.07, 6.45) is 0. The first kappa shape index (κ1) is 22.2. The lowest BCUT2D eigenvalue weighted by molar-refractivity contribution is -0.119. The molecule has 0 spiro atoms. The van der Waals surface area contributed by atoms with Gasteiger partial charge in [0.2, 0.25) is 0 Å². The normalized spacial score (nSPS) is 10.2. The summed E-state index contributed by atoms with van der Waals surface area (Å²) in [7, 11) is 0. The Morgan fingerprint density at radius 1 is 0.781 bits per heavy atom. The van der Waals surface area contributed by atoms with Crippen molar-refractivity contribution in [3.63, 3.8) is 0 Å². The Labute approximate surface area is 183 Å². The fourth-order valence-electron chi connectivity index (χ4n) is 2.80. The summed E-state index contributed by atoms with van der Waals surface area (Å²) in [5, 5.41) is 14.4. The van der Waals surface area contributed by atoms with E-state index in [9.17, 15) is 24.3 Å². The maximum absolute atomic E-state index is 12.4. The van der Waals surface area contributed by atoms with E-state index in [1.807, 2.05) is 19.1 Å². The standard InChI is InChI=1S/C24H20N2O6/c1-15-6-10-17(11-7-15)25-21(27)14-32-24(31)16-8-12-18(13-9-16)26-22(28)19-4-2-3-5-20(19)23(29)30/h2-13H,14H2,1H3,(H,25,27)(H,26,28)(H,29,30). The molecule has 3 N–H and O–H groups in total. The second-order valence-electron chi connectivity index (χ2n) is 6.87. The molecule has 3 aromatic rings. The van der Waals surface area contributed by atoms with Crippen molar-refractivity contribution in [2.75, 3.05) is 17.2 Å². The van der Waals surface area contributed by atoms with E-state index in [-0.39, 0.29) is 16.7 Å². The van der Waals surface area contributed by atoms with E-state index in [4.69, 9.17) is 4.74 Å². The van der Waals surface area contributed by atoms with Gasteiger partial charge in [-0.1, -0.05) is 29.8 Å². The van der Waals surface area contributed by atoms with Crippen LogP contribution in [0.25, 0.3) is 0 Å². The zero-order valence-electron chi connectivity index (χ0n) is 17.1. The van der Waals surface area contributed by atoms with E-state index >= 15 is 0 Å². The Hall–Kier alpha value is -4.46. The van der Waals surface area contributed by atoms with E-state index in [2.05, 4.69) is 10.6 Å². The van der Waals surface area contributed by atoms with Crippen LogP contribution < -0.4 is 10.6 Å². The second kappa shape index (κ2) is 10.0. The van der Waals surface area contributed by atoms with Gasteiger partial charge in [-0.25, -0.2) is 9.59 Å². The van der Waals surface area contributed by atoms with E-state index in [0.717, 1.165) is 5.56 Å². The summed E-state index contributed by atoms with van der Waals surface area (Å²) < 4.78 is 5.01. The molecule has 0 aliphatic carbocycles. The van der Waals surface area contributed by atoms with Gasteiger partial charge in [0.05, 0.1) is 16.7 Å². The van der Waals surface area contributed by atoms with E-state index < -0.39 is 30.4 Å². The lowest BCUT2D eigenvalue weighted by atomic mass is 10.1. The number of carboxylic acid groups (broad SMARTS) is 1. The Bertz CT molecular complexity index is 1150. The van der Waals surface area contributed by atoms with Gasteiger partial charge in [0, 0.05) is 11.4 Å². The maximum Gasteiger partial charge on any atom is 0.338 e. The van der Waals surface area contributed by atoms with Crippen molar-refractivity contribution in [2.24, 2.45) is 0 Å². The molecule has 0 heterocycles. The molecule has 32 heavy (non-hydrogen) atoms. The fourth-order valence-corrected chi connectivity index (χ4v) is 2.80. The third kappa shape index (κ3) is 5.79. The highest BCUT2D eigenvalue weighted by molar-refractivity contribution is 6.10. The van der Waals surface area contributed by atoms with Gasteiger partial charge >= 0.3 is 11.9 Å². The molecule has 0 saturated carbocycles. The zero-order valence-corrected chi connectivity index (χ0v) is 17.1. The molecular formula is C24H20N2O6. The Kier molecular flexibility index (Phi) is 6.97. The minimum Gasteiger partial charge on any atom is -0.478 e. The quantitative estimate of drug-likeness (QED) is 0.489. The molecule has 2 amide bonds. The first-order valence-corrected chi connectivity index (χ1v) is 9.61. The molecule has 0 atom stereocenters. The summed E-state index contributed by atoms with van der Waals surface area (Å²) in [5.74, 6) is -2.97. The van der Waals surface area contributed by atoms with Crippen LogP contribution in [0, 0.1) is 6.92 Å². The van der Waals surface area contributed by atoms with Gasteiger partial charge in [-0.05, 0) is 55.5 Å². The minimum absolute atomic E-state index is 0.0167. The number of carboxylic acids is 1. The molecule has 3 rings (SSSR count). The number of ether oxygens (including phenoxy) is 1. The third-order valence-corrected chi connectivity index (χ3v) is 4.45. The van der Waals surface area contributed by atoms with Gasteiger partial charge in [0.25, 0.3) is 11.8 Å². The largest absolute Gasteiger partial charge is 0.478 e. The summed E-state index contributed by atoms with van der Waals surface area (Å²) in [6, 6.07) is 18.8. The van der Waals surface area contributed by atoms with Crippen LogP contribution in [0.4, 0.5) is 11.4 Å². The van der Waals surface area contributed by atoms with Gasteiger partial charge in [0.1, 0.15) is 0 Å². The smallest absolute Gasteiger partial charge is 0.338 e. The van der Waals surface area contributed by atoms with Gasteiger partial charge in [0.15, 0.2) is 6.61 Å². The predicted molar refractivity (Wildman–Crippen MR) is 118 cm³/mol. The molecule has 8 heteroatoms. The van der Waals surface area contributed by atoms with Crippen LogP contribution >= 0.6 is 0 Å². The number of anilines is 2. The zero-order chi connectivity index (χ0) is 23.1. The number of hydrogen-bond donors (Lipinski definition) is 3. The molecular weight excluding hydrogens is 412 g/mol. The number of amides is 2. The highest BCUT2D eigenvalue weighted by Gasteiger charge is 2.16. The lowest BCUT2D eigenvalue weighted by Gasteiger charge is -2.09. The van der Waals surface area contributed by atoms with Crippen molar-refractivity contribution >= 4 is 35.1 Å². The predicted octanol–water partition coefficient (Wildman–Crippen LogP) is 3.74. The number of carbonyl (C=O) groups excluding carboxylic acids is 3. The average molecular weight is 432 g/mol. The molecule has 0 saturated heterocycles. The summed E-state index contributed by atoms with van der Waals surface area (Å²) >= 11 is 0. The summed E-state index contributed by atoms with van der Waals surface area (Å²) in [5.41, 5.74) is 2.11. The van der Waals surface area contributed by atoms with E-state index in [0.29, 0.717) is 11.4 Å². The van der Waals surface area contributed by atoms with Crippen molar-refractivity contribution in [3.05, 3.63) is 95.1 Å². The van der Waals surface area contributed by atoms with Crippen molar-refractivity contribution in [2.45, 2.75) is 6.92 Å². The van der Waals surface area contributed by atoms with Crippen molar-refractivity contribution < 1.29 is 29.0 Å². The molecule has 0 unspecified atom stereocenters.